The second-order valence-corrected chi connectivity index (χ2v) is 6.53. The molecular weight excluding hydrogens is 336 g/mol. The Hall–Kier alpha value is -2.20. The summed E-state index contributed by atoms with van der Waals surface area (Å²) in [5, 5.41) is 13.7. The van der Waals surface area contributed by atoms with Gasteiger partial charge in [0.2, 0.25) is 11.7 Å². The molecule has 0 bridgehead atoms. The summed E-state index contributed by atoms with van der Waals surface area (Å²) in [5.74, 6) is 0.414. The number of thiazole rings is 1. The fourth-order valence-corrected chi connectivity index (χ4v) is 3.39. The number of fused-ring (bicyclic) bond motifs is 1. The van der Waals surface area contributed by atoms with E-state index in [9.17, 15) is 9.59 Å². The third-order valence-corrected chi connectivity index (χ3v) is 4.59. The third kappa shape index (κ3) is 3.59. The van der Waals surface area contributed by atoms with Crippen molar-refractivity contribution in [2.24, 2.45) is 0 Å². The molecule has 10 heteroatoms. The number of rotatable bonds is 6. The average molecular weight is 350 g/mol. The molecule has 0 spiro atoms. The quantitative estimate of drug-likeness (QED) is 0.654. The number of hydrogen-bond acceptors (Lipinski definition) is 7. The first-order chi connectivity index (χ1) is 11.2. The van der Waals surface area contributed by atoms with Crippen LogP contribution in [0, 0.1) is 0 Å². The molecule has 0 aromatic carbocycles. The summed E-state index contributed by atoms with van der Waals surface area (Å²) >= 11 is 2.63. The minimum absolute atomic E-state index is 0.164. The van der Waals surface area contributed by atoms with Crippen molar-refractivity contribution in [2.75, 3.05) is 11.1 Å². The van der Waals surface area contributed by atoms with Crippen LogP contribution in [0.3, 0.4) is 0 Å². The number of aromatic nitrogens is 5. The molecule has 8 nitrogen and oxygen atoms in total. The maximum Gasteiger partial charge on any atom is 0.252 e. The third-order valence-electron chi connectivity index (χ3n) is 2.97. The number of aryl methyl sites for hydroxylation is 1. The van der Waals surface area contributed by atoms with Crippen molar-refractivity contribution in [3.8, 4) is 0 Å². The Morgan fingerprint density at radius 3 is 3.09 bits per heavy atom. The molecule has 0 unspecified atom stereocenters. The van der Waals surface area contributed by atoms with Gasteiger partial charge in [0.15, 0.2) is 10.3 Å². The van der Waals surface area contributed by atoms with E-state index in [1.54, 1.807) is 22.0 Å². The van der Waals surface area contributed by atoms with Gasteiger partial charge in [-0.05, 0) is 6.42 Å². The van der Waals surface area contributed by atoms with Crippen LogP contribution in [0.4, 0.5) is 5.13 Å². The summed E-state index contributed by atoms with van der Waals surface area (Å²) in [6, 6.07) is 1.54. The standard InChI is InChI=1S/C13H14N6O2S2/c1-2-3-8-6-9(20)15-11-17-18-13(19(8)11)23-7-10(21)16-12-14-4-5-22-12/h4-6H,2-3,7H2,1H3,(H,14,16,21)(H,15,17,20). The van der Waals surface area contributed by atoms with Crippen LogP contribution < -0.4 is 10.9 Å². The van der Waals surface area contributed by atoms with E-state index in [-0.39, 0.29) is 17.2 Å². The van der Waals surface area contributed by atoms with Crippen LogP contribution >= 0.6 is 23.1 Å². The molecule has 3 aromatic rings. The monoisotopic (exact) mass is 350 g/mol. The average Bonchev–Trinajstić information content (AvgIpc) is 3.15. The number of aromatic amines is 1. The fraction of sp³-hybridized carbons (Fsp3) is 0.308. The molecule has 0 aliphatic heterocycles. The van der Waals surface area contributed by atoms with Gasteiger partial charge in [-0.15, -0.1) is 21.5 Å². The Balaban J connectivity index is 1.77. The molecule has 3 rings (SSSR count). The van der Waals surface area contributed by atoms with Gasteiger partial charge in [-0.1, -0.05) is 25.1 Å². The molecule has 1 amide bonds. The van der Waals surface area contributed by atoms with Gasteiger partial charge >= 0.3 is 0 Å². The molecule has 0 saturated heterocycles. The van der Waals surface area contributed by atoms with E-state index in [1.807, 2.05) is 6.92 Å². The number of nitrogens with zero attached hydrogens (tertiary/aromatic N) is 4. The number of carbonyl (C=O) groups excluding carboxylic acids is 1. The smallest absolute Gasteiger partial charge is 0.252 e. The molecule has 2 N–H and O–H groups in total. The molecular formula is C13H14N6O2S2. The molecule has 0 radical (unpaired) electrons. The second-order valence-electron chi connectivity index (χ2n) is 4.69. The van der Waals surface area contributed by atoms with E-state index < -0.39 is 0 Å². The molecule has 0 aliphatic carbocycles. The predicted molar refractivity (Wildman–Crippen MR) is 89.1 cm³/mol. The molecule has 0 aliphatic rings. The van der Waals surface area contributed by atoms with E-state index in [0.717, 1.165) is 18.5 Å². The summed E-state index contributed by atoms with van der Waals surface area (Å²) in [4.78, 5) is 30.2. The number of anilines is 1. The van der Waals surface area contributed by atoms with Crippen molar-refractivity contribution in [1.29, 1.82) is 0 Å². The highest BCUT2D eigenvalue weighted by atomic mass is 32.2. The summed E-state index contributed by atoms with van der Waals surface area (Å²) < 4.78 is 1.78. The number of hydrogen-bond donors (Lipinski definition) is 2. The van der Waals surface area contributed by atoms with E-state index >= 15 is 0 Å². The van der Waals surface area contributed by atoms with Crippen LogP contribution in [0.2, 0.25) is 0 Å². The highest BCUT2D eigenvalue weighted by Crippen LogP contribution is 2.19. The van der Waals surface area contributed by atoms with E-state index in [0.29, 0.717) is 16.1 Å². The van der Waals surface area contributed by atoms with E-state index in [2.05, 4.69) is 25.5 Å². The number of nitrogens with one attached hydrogen (secondary N) is 2. The lowest BCUT2D eigenvalue weighted by atomic mass is 10.2. The van der Waals surface area contributed by atoms with Gasteiger partial charge in [0.25, 0.3) is 5.56 Å². The highest BCUT2D eigenvalue weighted by Gasteiger charge is 2.13. The maximum absolute atomic E-state index is 11.9. The fourth-order valence-electron chi connectivity index (χ4n) is 2.08. The maximum atomic E-state index is 11.9. The first-order valence-corrected chi connectivity index (χ1v) is 8.83. The second kappa shape index (κ2) is 6.92. The molecule has 0 saturated carbocycles. The molecule has 23 heavy (non-hydrogen) atoms. The predicted octanol–water partition coefficient (Wildman–Crippen LogP) is 1.56. The molecule has 0 atom stereocenters. The Labute approximate surface area is 139 Å². The first-order valence-electron chi connectivity index (χ1n) is 6.97. The van der Waals surface area contributed by atoms with Crippen molar-refractivity contribution < 1.29 is 4.79 Å². The van der Waals surface area contributed by atoms with Crippen LogP contribution in [0.5, 0.6) is 0 Å². The minimum Gasteiger partial charge on any atom is -0.301 e. The molecule has 120 valence electrons. The van der Waals surface area contributed by atoms with Crippen molar-refractivity contribution in [1.82, 2.24) is 24.6 Å². The van der Waals surface area contributed by atoms with Gasteiger partial charge in [0.05, 0.1) is 5.75 Å². The van der Waals surface area contributed by atoms with Gasteiger partial charge in [0, 0.05) is 23.3 Å². The summed E-state index contributed by atoms with van der Waals surface area (Å²) in [6.45, 7) is 2.03. The topological polar surface area (TPSA) is 105 Å². The Kier molecular flexibility index (Phi) is 4.72. The first kappa shape index (κ1) is 15.7. The summed E-state index contributed by atoms with van der Waals surface area (Å²) in [5.41, 5.74) is 0.630. The van der Waals surface area contributed by atoms with E-state index in [4.69, 9.17) is 0 Å². The summed E-state index contributed by atoms with van der Waals surface area (Å²) in [7, 11) is 0. The number of thioether (sulfide) groups is 1. The highest BCUT2D eigenvalue weighted by molar-refractivity contribution is 7.99. The number of carbonyl (C=O) groups is 1. The zero-order valence-corrected chi connectivity index (χ0v) is 13.9. The van der Waals surface area contributed by atoms with Gasteiger partial charge in [-0.25, -0.2) is 4.98 Å². The lowest BCUT2D eigenvalue weighted by Crippen LogP contribution is -2.15. The SMILES string of the molecule is CCCc1cc(=O)[nH]c2nnc(SCC(=O)Nc3nccs3)n12. The van der Waals surface area contributed by atoms with Crippen molar-refractivity contribution in [2.45, 2.75) is 24.9 Å². The van der Waals surface area contributed by atoms with Gasteiger partial charge in [-0.2, -0.15) is 0 Å². The lowest BCUT2D eigenvalue weighted by Gasteiger charge is -2.05. The Morgan fingerprint density at radius 1 is 1.48 bits per heavy atom. The van der Waals surface area contributed by atoms with Crippen molar-refractivity contribution in [3.63, 3.8) is 0 Å². The Bertz CT molecular complexity index is 870. The number of H-pyrrole nitrogens is 1. The largest absolute Gasteiger partial charge is 0.301 e. The zero-order chi connectivity index (χ0) is 16.2. The van der Waals surface area contributed by atoms with E-state index in [1.165, 1.54) is 23.1 Å². The van der Waals surface area contributed by atoms with Crippen molar-refractivity contribution in [3.05, 3.63) is 33.7 Å². The van der Waals surface area contributed by atoms with Crippen LogP contribution in [-0.2, 0) is 11.2 Å². The lowest BCUT2D eigenvalue weighted by molar-refractivity contribution is -0.113. The van der Waals surface area contributed by atoms with Crippen molar-refractivity contribution >= 4 is 39.9 Å². The normalized spacial score (nSPS) is 11.0. The Morgan fingerprint density at radius 2 is 2.35 bits per heavy atom. The molecule has 3 heterocycles. The zero-order valence-electron chi connectivity index (χ0n) is 12.3. The molecule has 0 fully saturated rings. The minimum atomic E-state index is -0.202. The number of amides is 1. The van der Waals surface area contributed by atoms with Gasteiger partial charge < -0.3 is 5.32 Å². The van der Waals surface area contributed by atoms with Crippen LogP contribution in [0.15, 0.2) is 27.6 Å². The molecule has 3 aromatic heterocycles. The van der Waals surface area contributed by atoms with Crippen LogP contribution in [0.1, 0.15) is 19.0 Å². The van der Waals surface area contributed by atoms with Gasteiger partial charge in [-0.3, -0.25) is 19.0 Å². The summed E-state index contributed by atoms with van der Waals surface area (Å²) in [6.07, 6.45) is 3.26. The van der Waals surface area contributed by atoms with Crippen LogP contribution in [0.25, 0.3) is 5.78 Å². The van der Waals surface area contributed by atoms with Gasteiger partial charge in [0.1, 0.15) is 0 Å². The van der Waals surface area contributed by atoms with Crippen LogP contribution in [-0.4, -0.2) is 36.2 Å².